The molecule has 2 rings (SSSR count). The number of aryl methyl sites for hydroxylation is 1. The lowest BCUT2D eigenvalue weighted by Crippen LogP contribution is -2.27. The van der Waals surface area contributed by atoms with Gasteiger partial charge in [-0.15, -0.1) is 22.7 Å². The average Bonchev–Trinajstić information content (AvgIpc) is 3.11. The Kier molecular flexibility index (Phi) is 5.90. The Morgan fingerprint density at radius 3 is 2.86 bits per heavy atom. The third-order valence-corrected chi connectivity index (χ3v) is 5.41. The first-order valence-corrected chi connectivity index (χ1v) is 8.70. The first kappa shape index (κ1) is 16.1. The fourth-order valence-electron chi connectivity index (χ4n) is 2.01. The van der Waals surface area contributed by atoms with Gasteiger partial charge < -0.3 is 10.0 Å². The number of nitrogens with zero attached hydrogens (tertiary/aromatic N) is 2. The van der Waals surface area contributed by atoms with E-state index in [0.717, 1.165) is 39.7 Å². The monoisotopic (exact) mass is 324 g/mol. The summed E-state index contributed by atoms with van der Waals surface area (Å²) in [5.74, 6) is 0.0387. The predicted octanol–water partition coefficient (Wildman–Crippen LogP) is 3.41. The van der Waals surface area contributed by atoms with Gasteiger partial charge in [-0.2, -0.15) is 0 Å². The number of aliphatic hydroxyl groups excluding tert-OH is 1. The summed E-state index contributed by atoms with van der Waals surface area (Å²) < 4.78 is 0. The summed E-state index contributed by atoms with van der Waals surface area (Å²) in [7, 11) is 1.82. The van der Waals surface area contributed by atoms with E-state index in [0.29, 0.717) is 6.54 Å². The lowest BCUT2D eigenvalue weighted by atomic mass is 10.2. The van der Waals surface area contributed by atoms with Crippen molar-refractivity contribution in [2.75, 3.05) is 20.2 Å². The molecule has 0 fully saturated rings. The molecule has 2 aromatic rings. The van der Waals surface area contributed by atoms with E-state index in [1.165, 1.54) is 11.3 Å². The molecule has 21 heavy (non-hydrogen) atoms. The quantitative estimate of drug-likeness (QED) is 0.794. The first-order chi connectivity index (χ1) is 10.1. The molecule has 0 radical (unpaired) electrons. The number of aromatic nitrogens is 1. The molecule has 0 aliphatic rings. The lowest BCUT2D eigenvalue weighted by molar-refractivity contribution is 0.0796. The number of amides is 1. The summed E-state index contributed by atoms with van der Waals surface area (Å²) in [4.78, 5) is 20.6. The molecule has 2 heterocycles. The van der Waals surface area contributed by atoms with Crippen LogP contribution in [-0.4, -0.2) is 41.1 Å². The van der Waals surface area contributed by atoms with Crippen LogP contribution in [0, 0.1) is 6.92 Å². The molecule has 0 aromatic carbocycles. The molecule has 114 valence electrons. The summed E-state index contributed by atoms with van der Waals surface area (Å²) in [5.41, 5.74) is 0.801. The Balaban J connectivity index is 2.02. The van der Waals surface area contributed by atoms with Crippen LogP contribution in [0.4, 0.5) is 0 Å². The van der Waals surface area contributed by atoms with Crippen molar-refractivity contribution in [2.45, 2.75) is 26.2 Å². The minimum Gasteiger partial charge on any atom is -0.396 e. The zero-order chi connectivity index (χ0) is 15.2. The summed E-state index contributed by atoms with van der Waals surface area (Å²) in [5, 5.41) is 11.7. The van der Waals surface area contributed by atoms with Crippen molar-refractivity contribution in [1.29, 1.82) is 0 Å². The zero-order valence-electron chi connectivity index (χ0n) is 12.3. The molecule has 1 N–H and O–H groups in total. The smallest absolute Gasteiger partial charge is 0.265 e. The molecule has 0 unspecified atom stereocenters. The number of carbonyl (C=O) groups excluding carboxylic acids is 1. The minimum atomic E-state index is 0.0387. The van der Waals surface area contributed by atoms with E-state index in [1.807, 2.05) is 31.5 Å². The summed E-state index contributed by atoms with van der Waals surface area (Å²) in [6.45, 7) is 2.82. The van der Waals surface area contributed by atoms with Crippen LogP contribution in [0.15, 0.2) is 17.5 Å². The van der Waals surface area contributed by atoms with Gasteiger partial charge in [-0.3, -0.25) is 4.79 Å². The summed E-state index contributed by atoms with van der Waals surface area (Å²) in [6.07, 6.45) is 2.65. The van der Waals surface area contributed by atoms with Crippen LogP contribution in [0.5, 0.6) is 0 Å². The molecule has 0 bridgehead atoms. The number of carbonyl (C=O) groups is 1. The van der Waals surface area contributed by atoms with E-state index >= 15 is 0 Å². The fraction of sp³-hybridized carbons (Fsp3) is 0.467. The van der Waals surface area contributed by atoms with Gasteiger partial charge in [-0.25, -0.2) is 4.98 Å². The van der Waals surface area contributed by atoms with E-state index in [2.05, 4.69) is 4.98 Å². The van der Waals surface area contributed by atoms with Crippen molar-refractivity contribution in [3.8, 4) is 9.88 Å². The zero-order valence-corrected chi connectivity index (χ0v) is 14.0. The lowest BCUT2D eigenvalue weighted by Gasteiger charge is -2.16. The number of hydrogen-bond donors (Lipinski definition) is 1. The second-order valence-electron chi connectivity index (χ2n) is 4.92. The molecule has 0 atom stereocenters. The van der Waals surface area contributed by atoms with Crippen LogP contribution in [0.2, 0.25) is 0 Å². The van der Waals surface area contributed by atoms with Gasteiger partial charge in [0, 0.05) is 20.2 Å². The molecule has 6 heteroatoms. The van der Waals surface area contributed by atoms with E-state index in [9.17, 15) is 4.79 Å². The number of thiazole rings is 1. The highest BCUT2D eigenvalue weighted by Crippen LogP contribution is 2.31. The summed E-state index contributed by atoms with van der Waals surface area (Å²) >= 11 is 3.10. The Morgan fingerprint density at radius 2 is 2.19 bits per heavy atom. The van der Waals surface area contributed by atoms with Gasteiger partial charge in [-0.05, 0) is 37.6 Å². The molecular formula is C15H20N2O2S2. The van der Waals surface area contributed by atoms with Crippen LogP contribution in [0.3, 0.4) is 0 Å². The van der Waals surface area contributed by atoms with Gasteiger partial charge in [0.1, 0.15) is 9.88 Å². The maximum Gasteiger partial charge on any atom is 0.265 e. The van der Waals surface area contributed by atoms with Crippen molar-refractivity contribution in [3.63, 3.8) is 0 Å². The minimum absolute atomic E-state index is 0.0387. The maximum absolute atomic E-state index is 12.5. The second kappa shape index (κ2) is 7.68. The number of rotatable bonds is 7. The Bertz CT molecular complexity index is 579. The first-order valence-electron chi connectivity index (χ1n) is 7.01. The molecule has 2 aromatic heterocycles. The Hall–Kier alpha value is -1.24. The standard InChI is InChI=1S/C15H20N2O2S2/c1-11-13(15(19)17(2)8-4-3-5-9-18)21-14(16-11)12-7-6-10-20-12/h6-7,10,18H,3-5,8-9H2,1-2H3. The molecule has 1 amide bonds. The van der Waals surface area contributed by atoms with Crippen molar-refractivity contribution in [1.82, 2.24) is 9.88 Å². The van der Waals surface area contributed by atoms with E-state index in [-0.39, 0.29) is 12.5 Å². The fourth-order valence-corrected chi connectivity index (χ4v) is 3.87. The highest BCUT2D eigenvalue weighted by molar-refractivity contribution is 7.22. The van der Waals surface area contributed by atoms with Crippen LogP contribution in [0.1, 0.15) is 34.6 Å². The van der Waals surface area contributed by atoms with E-state index < -0.39 is 0 Å². The normalized spacial score (nSPS) is 10.8. The third-order valence-electron chi connectivity index (χ3n) is 3.22. The second-order valence-corrected chi connectivity index (χ2v) is 6.87. The third kappa shape index (κ3) is 4.12. The Morgan fingerprint density at radius 1 is 1.38 bits per heavy atom. The number of hydrogen-bond acceptors (Lipinski definition) is 5. The van der Waals surface area contributed by atoms with Gasteiger partial charge in [0.05, 0.1) is 10.6 Å². The SMILES string of the molecule is Cc1nc(-c2cccs2)sc1C(=O)N(C)CCCCCO. The van der Waals surface area contributed by atoms with E-state index in [1.54, 1.807) is 16.2 Å². The largest absolute Gasteiger partial charge is 0.396 e. The number of thiophene rings is 1. The molecule has 4 nitrogen and oxygen atoms in total. The van der Waals surface area contributed by atoms with Gasteiger partial charge in [0.25, 0.3) is 5.91 Å². The molecule has 0 aliphatic heterocycles. The number of unbranched alkanes of at least 4 members (excludes halogenated alkanes) is 2. The van der Waals surface area contributed by atoms with Gasteiger partial charge in [0.2, 0.25) is 0 Å². The molecule has 0 aliphatic carbocycles. The highest BCUT2D eigenvalue weighted by Gasteiger charge is 2.19. The van der Waals surface area contributed by atoms with Crippen LogP contribution in [-0.2, 0) is 0 Å². The highest BCUT2D eigenvalue weighted by atomic mass is 32.1. The van der Waals surface area contributed by atoms with Gasteiger partial charge in [-0.1, -0.05) is 6.07 Å². The van der Waals surface area contributed by atoms with Crippen molar-refractivity contribution >= 4 is 28.6 Å². The maximum atomic E-state index is 12.5. The molecular weight excluding hydrogens is 304 g/mol. The van der Waals surface area contributed by atoms with Crippen LogP contribution in [0.25, 0.3) is 9.88 Å². The molecule has 0 saturated carbocycles. The van der Waals surface area contributed by atoms with Gasteiger partial charge in [0.15, 0.2) is 0 Å². The average molecular weight is 324 g/mol. The van der Waals surface area contributed by atoms with Crippen molar-refractivity contribution in [2.24, 2.45) is 0 Å². The van der Waals surface area contributed by atoms with Gasteiger partial charge >= 0.3 is 0 Å². The summed E-state index contributed by atoms with van der Waals surface area (Å²) in [6, 6.07) is 4.02. The predicted molar refractivity (Wildman–Crippen MR) is 88.1 cm³/mol. The number of aliphatic hydroxyl groups is 1. The molecule has 0 spiro atoms. The van der Waals surface area contributed by atoms with E-state index in [4.69, 9.17) is 5.11 Å². The molecule has 0 saturated heterocycles. The van der Waals surface area contributed by atoms with Crippen molar-refractivity contribution < 1.29 is 9.90 Å². The van der Waals surface area contributed by atoms with Crippen molar-refractivity contribution in [3.05, 3.63) is 28.1 Å². The van der Waals surface area contributed by atoms with Crippen LogP contribution >= 0.6 is 22.7 Å². The van der Waals surface area contributed by atoms with Crippen LogP contribution < -0.4 is 0 Å². The Labute approximate surface area is 133 Å². The topological polar surface area (TPSA) is 53.4 Å².